The zero-order valence-corrected chi connectivity index (χ0v) is 9.59. The van der Waals surface area contributed by atoms with Gasteiger partial charge in [-0.3, -0.25) is 0 Å². The molecule has 3 heteroatoms. The molecule has 0 aliphatic heterocycles. The van der Waals surface area contributed by atoms with Crippen molar-refractivity contribution in [1.29, 1.82) is 0 Å². The number of nitrogen functional groups attached to an aromatic ring is 1. The van der Waals surface area contributed by atoms with E-state index in [1.165, 1.54) is 6.07 Å². The Morgan fingerprint density at radius 2 is 1.71 bits per heavy atom. The standard InChI is InChI=1S/C14H15NO2/c1-9-5-7-10(8-6-9)14(17)11-3-2-4-12(16)13(11)15/h2-8,14,16-17H,15H2,1H3. The molecule has 0 amide bonds. The topological polar surface area (TPSA) is 66.5 Å². The highest BCUT2D eigenvalue weighted by molar-refractivity contribution is 5.59. The second-order valence-corrected chi connectivity index (χ2v) is 4.09. The number of para-hydroxylation sites is 1. The van der Waals surface area contributed by atoms with Gasteiger partial charge < -0.3 is 15.9 Å². The minimum absolute atomic E-state index is 0.00587. The summed E-state index contributed by atoms with van der Waals surface area (Å²) in [5.74, 6) is -0.00587. The number of aryl methyl sites for hydroxylation is 1. The summed E-state index contributed by atoms with van der Waals surface area (Å²) in [5.41, 5.74) is 8.37. The van der Waals surface area contributed by atoms with Crippen LogP contribution in [0, 0.1) is 6.92 Å². The molecule has 0 aliphatic carbocycles. The number of hydrogen-bond donors (Lipinski definition) is 3. The third kappa shape index (κ3) is 2.24. The molecule has 4 N–H and O–H groups in total. The normalized spacial score (nSPS) is 12.4. The van der Waals surface area contributed by atoms with Crippen LogP contribution in [0.25, 0.3) is 0 Å². The maximum Gasteiger partial charge on any atom is 0.138 e. The van der Waals surface area contributed by atoms with E-state index in [1.54, 1.807) is 12.1 Å². The molecule has 0 aliphatic rings. The van der Waals surface area contributed by atoms with E-state index in [-0.39, 0.29) is 11.4 Å². The highest BCUT2D eigenvalue weighted by Crippen LogP contribution is 2.31. The van der Waals surface area contributed by atoms with Crippen LogP contribution in [-0.2, 0) is 0 Å². The fourth-order valence-corrected chi connectivity index (χ4v) is 1.74. The lowest BCUT2D eigenvalue weighted by atomic mass is 9.99. The molecule has 2 aromatic carbocycles. The fourth-order valence-electron chi connectivity index (χ4n) is 1.74. The molecule has 1 unspecified atom stereocenters. The van der Waals surface area contributed by atoms with Crippen molar-refractivity contribution in [3.63, 3.8) is 0 Å². The Kier molecular flexibility index (Phi) is 3.02. The van der Waals surface area contributed by atoms with Gasteiger partial charge in [-0.1, -0.05) is 42.0 Å². The number of rotatable bonds is 2. The minimum atomic E-state index is -0.817. The van der Waals surface area contributed by atoms with Crippen LogP contribution in [0.2, 0.25) is 0 Å². The Hall–Kier alpha value is -2.00. The Morgan fingerprint density at radius 1 is 1.06 bits per heavy atom. The molecule has 88 valence electrons. The van der Waals surface area contributed by atoms with Crippen molar-refractivity contribution in [2.24, 2.45) is 0 Å². The first kappa shape index (κ1) is 11.5. The monoisotopic (exact) mass is 229 g/mol. The van der Waals surface area contributed by atoms with E-state index in [0.717, 1.165) is 11.1 Å². The van der Waals surface area contributed by atoms with Crippen molar-refractivity contribution >= 4 is 5.69 Å². The molecule has 0 aromatic heterocycles. The van der Waals surface area contributed by atoms with Crippen molar-refractivity contribution in [3.8, 4) is 5.75 Å². The molecule has 0 bridgehead atoms. The number of phenols is 1. The maximum atomic E-state index is 10.2. The quantitative estimate of drug-likeness (QED) is 0.547. The summed E-state index contributed by atoms with van der Waals surface area (Å²) in [6.07, 6.45) is -0.817. The van der Waals surface area contributed by atoms with Crippen molar-refractivity contribution in [1.82, 2.24) is 0 Å². The van der Waals surface area contributed by atoms with Crippen LogP contribution >= 0.6 is 0 Å². The van der Waals surface area contributed by atoms with Gasteiger partial charge in [-0.25, -0.2) is 0 Å². The van der Waals surface area contributed by atoms with Gasteiger partial charge in [0.05, 0.1) is 5.69 Å². The van der Waals surface area contributed by atoms with E-state index in [9.17, 15) is 10.2 Å². The summed E-state index contributed by atoms with van der Waals surface area (Å²) in [4.78, 5) is 0. The molecule has 0 heterocycles. The van der Waals surface area contributed by atoms with Gasteiger partial charge in [0.1, 0.15) is 11.9 Å². The SMILES string of the molecule is Cc1ccc(C(O)c2cccc(O)c2N)cc1. The molecule has 0 radical (unpaired) electrons. The lowest BCUT2D eigenvalue weighted by Gasteiger charge is -2.14. The number of aromatic hydroxyl groups is 1. The third-order valence-electron chi connectivity index (χ3n) is 2.80. The van der Waals surface area contributed by atoms with Gasteiger partial charge in [-0.2, -0.15) is 0 Å². The zero-order chi connectivity index (χ0) is 12.4. The first-order valence-corrected chi connectivity index (χ1v) is 5.41. The van der Waals surface area contributed by atoms with Crippen LogP contribution in [0.15, 0.2) is 42.5 Å². The average molecular weight is 229 g/mol. The summed E-state index contributed by atoms with van der Waals surface area (Å²) in [6.45, 7) is 1.98. The van der Waals surface area contributed by atoms with Gasteiger partial charge in [0.2, 0.25) is 0 Å². The predicted molar refractivity (Wildman–Crippen MR) is 67.8 cm³/mol. The molecule has 2 aromatic rings. The van der Waals surface area contributed by atoms with Crippen LogP contribution in [0.4, 0.5) is 5.69 Å². The first-order chi connectivity index (χ1) is 8.09. The van der Waals surface area contributed by atoms with Gasteiger partial charge >= 0.3 is 0 Å². The molecule has 1 atom stereocenters. The van der Waals surface area contributed by atoms with E-state index < -0.39 is 6.10 Å². The number of aliphatic hydroxyl groups is 1. The van der Waals surface area contributed by atoms with Gasteiger partial charge in [0.25, 0.3) is 0 Å². The molecule has 0 saturated heterocycles. The summed E-state index contributed by atoms with van der Waals surface area (Å²) in [5, 5.41) is 19.7. The summed E-state index contributed by atoms with van der Waals surface area (Å²) < 4.78 is 0. The van der Waals surface area contributed by atoms with Gasteiger partial charge in [-0.05, 0) is 18.6 Å². The largest absolute Gasteiger partial charge is 0.506 e. The lowest BCUT2D eigenvalue weighted by Crippen LogP contribution is -2.03. The minimum Gasteiger partial charge on any atom is -0.506 e. The summed E-state index contributed by atoms with van der Waals surface area (Å²) in [7, 11) is 0. The molecule has 3 nitrogen and oxygen atoms in total. The number of anilines is 1. The highest BCUT2D eigenvalue weighted by atomic mass is 16.3. The van der Waals surface area contributed by atoms with Crippen LogP contribution in [0.1, 0.15) is 22.8 Å². The molecule has 17 heavy (non-hydrogen) atoms. The Bertz CT molecular complexity index is 520. The molecule has 0 saturated carbocycles. The summed E-state index contributed by atoms with van der Waals surface area (Å²) in [6, 6.07) is 12.4. The molecule has 0 spiro atoms. The Balaban J connectivity index is 2.40. The third-order valence-corrected chi connectivity index (χ3v) is 2.80. The lowest BCUT2D eigenvalue weighted by molar-refractivity contribution is 0.220. The first-order valence-electron chi connectivity index (χ1n) is 5.41. The van der Waals surface area contributed by atoms with E-state index >= 15 is 0 Å². The van der Waals surface area contributed by atoms with Crippen molar-refractivity contribution < 1.29 is 10.2 Å². The van der Waals surface area contributed by atoms with E-state index in [2.05, 4.69) is 0 Å². The number of nitrogens with two attached hydrogens (primary N) is 1. The average Bonchev–Trinajstić information content (AvgIpc) is 2.33. The molecule has 0 fully saturated rings. The van der Waals surface area contributed by atoms with Crippen LogP contribution in [-0.4, -0.2) is 10.2 Å². The van der Waals surface area contributed by atoms with Crippen molar-refractivity contribution in [2.75, 3.05) is 5.73 Å². The van der Waals surface area contributed by atoms with Crippen LogP contribution in [0.3, 0.4) is 0 Å². The molecular formula is C14H15NO2. The number of benzene rings is 2. The fraction of sp³-hybridized carbons (Fsp3) is 0.143. The van der Waals surface area contributed by atoms with Gasteiger partial charge in [-0.15, -0.1) is 0 Å². The maximum absolute atomic E-state index is 10.2. The second kappa shape index (κ2) is 4.47. The van der Waals surface area contributed by atoms with E-state index in [4.69, 9.17) is 5.73 Å². The zero-order valence-electron chi connectivity index (χ0n) is 9.59. The van der Waals surface area contributed by atoms with Crippen LogP contribution in [0.5, 0.6) is 5.75 Å². The number of phenolic OH excluding ortho intramolecular Hbond substituents is 1. The highest BCUT2D eigenvalue weighted by Gasteiger charge is 2.14. The van der Waals surface area contributed by atoms with Crippen molar-refractivity contribution in [3.05, 3.63) is 59.2 Å². The van der Waals surface area contributed by atoms with E-state index in [0.29, 0.717) is 5.56 Å². The Labute approximate surface area is 100 Å². The second-order valence-electron chi connectivity index (χ2n) is 4.09. The molecular weight excluding hydrogens is 214 g/mol. The summed E-state index contributed by atoms with van der Waals surface area (Å²) >= 11 is 0. The van der Waals surface area contributed by atoms with Crippen LogP contribution < -0.4 is 5.73 Å². The molecule has 2 rings (SSSR count). The predicted octanol–water partition coefficient (Wildman–Crippen LogP) is 2.36. The van der Waals surface area contributed by atoms with Crippen molar-refractivity contribution in [2.45, 2.75) is 13.0 Å². The number of hydrogen-bond acceptors (Lipinski definition) is 3. The Morgan fingerprint density at radius 3 is 2.35 bits per heavy atom. The van der Waals surface area contributed by atoms with Gasteiger partial charge in [0, 0.05) is 5.56 Å². The van der Waals surface area contributed by atoms with Gasteiger partial charge in [0.15, 0.2) is 0 Å². The number of aliphatic hydroxyl groups excluding tert-OH is 1. The smallest absolute Gasteiger partial charge is 0.138 e. The van der Waals surface area contributed by atoms with E-state index in [1.807, 2.05) is 31.2 Å².